The maximum absolute atomic E-state index is 8.39. The van der Waals surface area contributed by atoms with E-state index in [0.29, 0.717) is 6.61 Å². The summed E-state index contributed by atoms with van der Waals surface area (Å²) in [6.45, 7) is 0.670. The van der Waals surface area contributed by atoms with Crippen molar-refractivity contribution in [3.8, 4) is 5.75 Å². The number of aliphatic imine (C=N–C) groups is 1. The second-order valence-corrected chi connectivity index (χ2v) is 4.19. The standard InChI is InChI=1S/C15H17N3O2/c19-18-12-17-14-3-5-15(6-4-14)20-11-1-2-13-7-9-16-10-8-13/h3-10,12,19H,1-2,11H2,(H,17,18). The van der Waals surface area contributed by atoms with Crippen molar-refractivity contribution in [2.24, 2.45) is 4.99 Å². The van der Waals surface area contributed by atoms with Gasteiger partial charge in [0.1, 0.15) is 12.1 Å². The molecule has 1 heterocycles. The van der Waals surface area contributed by atoms with Crippen LogP contribution in [0.2, 0.25) is 0 Å². The van der Waals surface area contributed by atoms with Gasteiger partial charge in [-0.1, -0.05) is 0 Å². The summed E-state index contributed by atoms with van der Waals surface area (Å²) >= 11 is 0. The van der Waals surface area contributed by atoms with Crippen LogP contribution < -0.4 is 10.2 Å². The van der Waals surface area contributed by atoms with Crippen LogP contribution in [0.25, 0.3) is 0 Å². The summed E-state index contributed by atoms with van der Waals surface area (Å²) < 4.78 is 5.65. The SMILES string of the molecule is ONC=Nc1ccc(OCCCc2ccncc2)cc1. The molecule has 5 nitrogen and oxygen atoms in total. The Bertz CT molecular complexity index is 527. The highest BCUT2D eigenvalue weighted by Gasteiger charge is 1.96. The van der Waals surface area contributed by atoms with Crippen LogP contribution in [0, 0.1) is 0 Å². The zero-order valence-electron chi connectivity index (χ0n) is 11.1. The first-order chi connectivity index (χ1) is 9.88. The molecule has 0 saturated carbocycles. The minimum atomic E-state index is 0.670. The van der Waals surface area contributed by atoms with Crippen molar-refractivity contribution in [3.63, 3.8) is 0 Å². The molecule has 104 valence electrons. The molecular formula is C15H17N3O2. The van der Waals surface area contributed by atoms with E-state index in [0.717, 1.165) is 24.3 Å². The van der Waals surface area contributed by atoms with Gasteiger partial charge in [0.2, 0.25) is 0 Å². The number of nitrogens with zero attached hydrogens (tertiary/aromatic N) is 2. The third-order valence-electron chi connectivity index (χ3n) is 2.74. The molecule has 2 rings (SSSR count). The Morgan fingerprint density at radius 3 is 2.60 bits per heavy atom. The molecule has 0 bridgehead atoms. The topological polar surface area (TPSA) is 66.7 Å². The van der Waals surface area contributed by atoms with E-state index in [9.17, 15) is 0 Å². The third kappa shape index (κ3) is 4.70. The molecule has 0 aliphatic carbocycles. The van der Waals surface area contributed by atoms with Crippen LogP contribution in [0.3, 0.4) is 0 Å². The van der Waals surface area contributed by atoms with Gasteiger partial charge < -0.3 is 4.74 Å². The van der Waals surface area contributed by atoms with Crippen molar-refractivity contribution in [3.05, 3.63) is 54.4 Å². The minimum Gasteiger partial charge on any atom is -0.494 e. The van der Waals surface area contributed by atoms with Crippen molar-refractivity contribution < 1.29 is 9.94 Å². The van der Waals surface area contributed by atoms with E-state index >= 15 is 0 Å². The monoisotopic (exact) mass is 271 g/mol. The first kappa shape index (κ1) is 14.0. The summed E-state index contributed by atoms with van der Waals surface area (Å²) in [5, 5.41) is 8.39. The number of nitrogens with one attached hydrogen (secondary N) is 1. The van der Waals surface area contributed by atoms with E-state index in [1.165, 1.54) is 11.9 Å². The predicted molar refractivity (Wildman–Crippen MR) is 77.6 cm³/mol. The highest BCUT2D eigenvalue weighted by atomic mass is 16.5. The van der Waals surface area contributed by atoms with E-state index in [-0.39, 0.29) is 0 Å². The number of benzene rings is 1. The van der Waals surface area contributed by atoms with E-state index in [2.05, 4.69) is 9.98 Å². The Morgan fingerprint density at radius 2 is 1.90 bits per heavy atom. The molecule has 1 aromatic carbocycles. The number of pyridine rings is 1. The molecule has 0 amide bonds. The summed E-state index contributed by atoms with van der Waals surface area (Å²) in [5.41, 5.74) is 3.88. The fourth-order valence-corrected chi connectivity index (χ4v) is 1.75. The maximum Gasteiger partial charge on any atom is 0.119 e. The summed E-state index contributed by atoms with van der Waals surface area (Å²) in [6, 6.07) is 11.4. The smallest absolute Gasteiger partial charge is 0.119 e. The van der Waals surface area contributed by atoms with Gasteiger partial charge in [0, 0.05) is 12.4 Å². The lowest BCUT2D eigenvalue weighted by Gasteiger charge is -2.06. The van der Waals surface area contributed by atoms with Crippen molar-refractivity contribution in [1.82, 2.24) is 10.5 Å². The van der Waals surface area contributed by atoms with E-state index in [1.54, 1.807) is 12.4 Å². The highest BCUT2D eigenvalue weighted by Crippen LogP contribution is 2.17. The number of aryl methyl sites for hydroxylation is 1. The second-order valence-electron chi connectivity index (χ2n) is 4.19. The molecule has 1 aromatic heterocycles. The molecular weight excluding hydrogens is 254 g/mol. The van der Waals surface area contributed by atoms with Gasteiger partial charge in [0.05, 0.1) is 12.3 Å². The largest absolute Gasteiger partial charge is 0.494 e. The molecule has 0 fully saturated rings. The fraction of sp³-hybridized carbons (Fsp3) is 0.200. The first-order valence-corrected chi connectivity index (χ1v) is 6.42. The lowest BCUT2D eigenvalue weighted by Crippen LogP contribution is -2.01. The van der Waals surface area contributed by atoms with Crippen LogP contribution in [-0.2, 0) is 6.42 Å². The Kier molecular flexibility index (Phi) is 5.54. The summed E-state index contributed by atoms with van der Waals surface area (Å²) in [7, 11) is 0. The predicted octanol–water partition coefficient (Wildman–Crippen LogP) is 2.73. The Labute approximate surface area is 117 Å². The fourth-order valence-electron chi connectivity index (χ4n) is 1.75. The van der Waals surface area contributed by atoms with Crippen LogP contribution >= 0.6 is 0 Å². The van der Waals surface area contributed by atoms with Crippen molar-refractivity contribution in [2.75, 3.05) is 6.61 Å². The van der Waals surface area contributed by atoms with Crippen LogP contribution in [-0.4, -0.2) is 23.1 Å². The van der Waals surface area contributed by atoms with Gasteiger partial charge in [0.25, 0.3) is 0 Å². The Morgan fingerprint density at radius 1 is 1.15 bits per heavy atom. The number of ether oxygens (including phenoxy) is 1. The average Bonchev–Trinajstić information content (AvgIpc) is 2.52. The third-order valence-corrected chi connectivity index (χ3v) is 2.74. The van der Waals surface area contributed by atoms with Gasteiger partial charge in [-0.15, -0.1) is 0 Å². The number of hydrogen-bond donors (Lipinski definition) is 2. The van der Waals surface area contributed by atoms with E-state index < -0.39 is 0 Å². The molecule has 0 aliphatic heterocycles. The molecule has 0 atom stereocenters. The quantitative estimate of drug-likeness (QED) is 0.352. The van der Waals surface area contributed by atoms with Gasteiger partial charge >= 0.3 is 0 Å². The zero-order valence-corrected chi connectivity index (χ0v) is 11.1. The lowest BCUT2D eigenvalue weighted by molar-refractivity contribution is 0.240. The number of rotatable bonds is 7. The maximum atomic E-state index is 8.39. The molecule has 5 heteroatoms. The number of hydrogen-bond acceptors (Lipinski definition) is 4. The van der Waals surface area contributed by atoms with Crippen LogP contribution in [0.15, 0.2) is 53.8 Å². The second kappa shape index (κ2) is 7.91. The lowest BCUT2D eigenvalue weighted by atomic mass is 10.1. The van der Waals surface area contributed by atoms with Crippen molar-refractivity contribution >= 4 is 12.0 Å². The molecule has 2 aromatic rings. The zero-order chi connectivity index (χ0) is 14.0. The Balaban J connectivity index is 1.73. The summed E-state index contributed by atoms with van der Waals surface area (Å²) in [6.07, 6.45) is 6.75. The van der Waals surface area contributed by atoms with Gasteiger partial charge in [-0.05, 0) is 54.8 Å². The first-order valence-electron chi connectivity index (χ1n) is 6.42. The van der Waals surface area contributed by atoms with Crippen LogP contribution in [0.1, 0.15) is 12.0 Å². The molecule has 0 spiro atoms. The van der Waals surface area contributed by atoms with Crippen molar-refractivity contribution in [1.29, 1.82) is 0 Å². The highest BCUT2D eigenvalue weighted by molar-refractivity contribution is 5.59. The average molecular weight is 271 g/mol. The van der Waals surface area contributed by atoms with Crippen LogP contribution in [0.5, 0.6) is 5.75 Å². The van der Waals surface area contributed by atoms with Crippen molar-refractivity contribution in [2.45, 2.75) is 12.8 Å². The minimum absolute atomic E-state index is 0.670. The molecule has 0 unspecified atom stereocenters. The molecule has 2 N–H and O–H groups in total. The number of aromatic nitrogens is 1. The normalized spacial score (nSPS) is 10.7. The van der Waals surface area contributed by atoms with E-state index in [1.807, 2.05) is 41.9 Å². The Hall–Kier alpha value is -2.40. The molecule has 20 heavy (non-hydrogen) atoms. The molecule has 0 aliphatic rings. The van der Waals surface area contributed by atoms with Gasteiger partial charge in [0.15, 0.2) is 0 Å². The number of hydroxylamine groups is 1. The van der Waals surface area contributed by atoms with Gasteiger partial charge in [-0.25, -0.2) is 4.99 Å². The van der Waals surface area contributed by atoms with Crippen LogP contribution in [0.4, 0.5) is 5.69 Å². The molecule has 0 radical (unpaired) electrons. The van der Waals surface area contributed by atoms with Gasteiger partial charge in [-0.3, -0.25) is 15.7 Å². The molecule has 0 saturated heterocycles. The van der Waals surface area contributed by atoms with Gasteiger partial charge in [-0.2, -0.15) is 0 Å². The summed E-state index contributed by atoms with van der Waals surface area (Å²) in [5.74, 6) is 0.815. The van der Waals surface area contributed by atoms with E-state index in [4.69, 9.17) is 9.94 Å². The summed E-state index contributed by atoms with van der Waals surface area (Å²) in [4.78, 5) is 7.94.